The van der Waals surface area contributed by atoms with Gasteiger partial charge in [0.1, 0.15) is 12.3 Å². The summed E-state index contributed by atoms with van der Waals surface area (Å²) in [6.07, 6.45) is 1.34. The summed E-state index contributed by atoms with van der Waals surface area (Å²) in [5.74, 6) is 0.0314. The van der Waals surface area contributed by atoms with Crippen LogP contribution < -0.4 is 0 Å². The largest absolute Gasteiger partial charge is 0.296 e. The Bertz CT molecular complexity index is 690. The molecule has 1 nitrogen and oxygen atoms in total. The fourth-order valence-corrected chi connectivity index (χ4v) is 4.28. The van der Waals surface area contributed by atoms with Crippen LogP contribution in [0.15, 0.2) is 54.6 Å². The zero-order chi connectivity index (χ0) is 19.9. The second-order valence-corrected chi connectivity index (χ2v) is 8.29. The lowest BCUT2D eigenvalue weighted by atomic mass is 9.95. The van der Waals surface area contributed by atoms with Crippen LogP contribution in [0.5, 0.6) is 0 Å². The van der Waals surface area contributed by atoms with Crippen LogP contribution in [0, 0.1) is 0 Å². The number of aryl methyl sites for hydroxylation is 1. The summed E-state index contributed by atoms with van der Waals surface area (Å²) >= 11 is 0. The van der Waals surface area contributed by atoms with E-state index >= 15 is 0 Å². The molecule has 1 aliphatic carbocycles. The highest BCUT2D eigenvalue weighted by Crippen LogP contribution is 2.38. The molecule has 0 spiro atoms. The Morgan fingerprint density at radius 1 is 0.929 bits per heavy atom. The quantitative estimate of drug-likeness (QED) is 0.478. The molecule has 0 aromatic heterocycles. The predicted octanol–water partition coefficient (Wildman–Crippen LogP) is 6.47. The molecule has 152 valence electrons. The lowest BCUT2D eigenvalue weighted by Gasteiger charge is -2.29. The van der Waals surface area contributed by atoms with Crippen molar-refractivity contribution in [3.63, 3.8) is 0 Å². The van der Waals surface area contributed by atoms with Gasteiger partial charge in [0.25, 0.3) is 0 Å². The van der Waals surface area contributed by atoms with Crippen molar-refractivity contribution in [3.8, 4) is 0 Å². The minimum Gasteiger partial charge on any atom is -0.296 e. The van der Waals surface area contributed by atoms with Gasteiger partial charge < -0.3 is 0 Å². The molecule has 0 amide bonds. The number of benzene rings is 2. The highest BCUT2D eigenvalue weighted by Gasteiger charge is 2.35. The highest BCUT2D eigenvalue weighted by atomic mass is 19.2. The van der Waals surface area contributed by atoms with Gasteiger partial charge >= 0.3 is 0 Å². The molecule has 0 bridgehead atoms. The lowest BCUT2D eigenvalue weighted by Crippen LogP contribution is -2.33. The van der Waals surface area contributed by atoms with Gasteiger partial charge in [-0.1, -0.05) is 61.5 Å². The minimum absolute atomic E-state index is 0.0314. The summed E-state index contributed by atoms with van der Waals surface area (Å²) in [5, 5.41) is 0. The Balaban J connectivity index is 1.53. The van der Waals surface area contributed by atoms with E-state index in [9.17, 15) is 8.78 Å². The van der Waals surface area contributed by atoms with Crippen LogP contribution in [-0.2, 0) is 13.0 Å². The number of hydrogen-bond donors (Lipinski definition) is 0. The Hall–Kier alpha value is -1.74. The number of rotatable bonds is 9. The predicted molar refractivity (Wildman–Crippen MR) is 113 cm³/mol. The number of hydrogen-bond acceptors (Lipinski definition) is 1. The van der Waals surface area contributed by atoms with Crippen molar-refractivity contribution in [3.05, 3.63) is 71.3 Å². The zero-order valence-corrected chi connectivity index (χ0v) is 17.2. The van der Waals surface area contributed by atoms with Crippen LogP contribution in [0.1, 0.15) is 62.1 Å². The van der Waals surface area contributed by atoms with Gasteiger partial charge in [-0.15, -0.1) is 0 Å². The van der Waals surface area contributed by atoms with E-state index in [0.717, 1.165) is 37.9 Å². The molecular weight excluding hydrogens is 352 g/mol. The first kappa shape index (κ1) is 21.0. The van der Waals surface area contributed by atoms with Crippen LogP contribution >= 0.6 is 0 Å². The second kappa shape index (κ2) is 10.2. The van der Waals surface area contributed by atoms with Crippen molar-refractivity contribution in [2.24, 2.45) is 0 Å². The van der Waals surface area contributed by atoms with E-state index in [1.807, 2.05) is 0 Å². The Morgan fingerprint density at radius 2 is 1.57 bits per heavy atom. The highest BCUT2D eigenvalue weighted by molar-refractivity contribution is 5.27. The summed E-state index contributed by atoms with van der Waals surface area (Å²) in [4.78, 5) is 2.56. The van der Waals surface area contributed by atoms with Crippen LogP contribution in [0.3, 0.4) is 0 Å². The second-order valence-electron chi connectivity index (χ2n) is 8.29. The molecule has 0 radical (unpaired) electrons. The van der Waals surface area contributed by atoms with Gasteiger partial charge in [0, 0.05) is 12.6 Å². The van der Waals surface area contributed by atoms with Crippen LogP contribution in [0.2, 0.25) is 0 Å². The van der Waals surface area contributed by atoms with E-state index in [0.29, 0.717) is 18.9 Å². The summed E-state index contributed by atoms with van der Waals surface area (Å²) in [5.41, 5.74) is 3.75. The maximum Gasteiger partial charge on any atom is 0.132 e. The fraction of sp³-hybridized carbons (Fsp3) is 0.520. The Labute approximate surface area is 168 Å². The molecule has 0 heterocycles. The van der Waals surface area contributed by atoms with E-state index < -0.39 is 12.3 Å². The van der Waals surface area contributed by atoms with Gasteiger partial charge in [0.05, 0.1) is 0 Å². The Kier molecular flexibility index (Phi) is 7.61. The molecule has 0 N–H and O–H groups in total. The van der Waals surface area contributed by atoms with Crippen molar-refractivity contribution in [1.29, 1.82) is 0 Å². The standard InChI is InChI=1S/C25H33F2N/c1-3-15-28(18-21-7-5-4-6-8-21)19(2)9-10-20-11-13-22(14-12-20)23-16-24(26)25(27)17-23/h4-8,11-14,19,23-25H,3,9-10,15-18H2,1-2H3. The molecular formula is C25H33F2N. The Morgan fingerprint density at radius 3 is 2.18 bits per heavy atom. The number of nitrogens with zero attached hydrogens (tertiary/aromatic N) is 1. The van der Waals surface area contributed by atoms with E-state index in [2.05, 4.69) is 73.3 Å². The van der Waals surface area contributed by atoms with Crippen molar-refractivity contribution in [2.75, 3.05) is 6.54 Å². The van der Waals surface area contributed by atoms with Gasteiger partial charge in [-0.3, -0.25) is 4.90 Å². The smallest absolute Gasteiger partial charge is 0.132 e. The van der Waals surface area contributed by atoms with Gasteiger partial charge in [-0.05, 0) is 68.2 Å². The van der Waals surface area contributed by atoms with Crippen molar-refractivity contribution < 1.29 is 8.78 Å². The normalized spacial score (nSPS) is 23.2. The molecule has 1 aliphatic rings. The maximum absolute atomic E-state index is 13.5. The third kappa shape index (κ3) is 5.64. The summed E-state index contributed by atoms with van der Waals surface area (Å²) in [6.45, 7) is 6.64. The molecule has 0 aliphatic heterocycles. The first-order chi connectivity index (χ1) is 13.6. The van der Waals surface area contributed by atoms with Gasteiger partial charge in [-0.2, -0.15) is 0 Å². The lowest BCUT2D eigenvalue weighted by molar-refractivity contribution is 0.191. The van der Waals surface area contributed by atoms with Gasteiger partial charge in [0.15, 0.2) is 0 Å². The van der Waals surface area contributed by atoms with Crippen molar-refractivity contribution in [1.82, 2.24) is 4.90 Å². The van der Waals surface area contributed by atoms with E-state index in [1.165, 1.54) is 11.1 Å². The third-order valence-corrected chi connectivity index (χ3v) is 6.08. The third-order valence-electron chi connectivity index (χ3n) is 6.08. The van der Waals surface area contributed by atoms with E-state index in [4.69, 9.17) is 0 Å². The molecule has 1 saturated carbocycles. The fourth-order valence-electron chi connectivity index (χ4n) is 4.28. The monoisotopic (exact) mass is 385 g/mol. The molecule has 3 unspecified atom stereocenters. The molecule has 0 saturated heterocycles. The van der Waals surface area contributed by atoms with Crippen molar-refractivity contribution in [2.45, 2.75) is 76.8 Å². The van der Waals surface area contributed by atoms with Gasteiger partial charge in [-0.25, -0.2) is 8.78 Å². The first-order valence-electron chi connectivity index (χ1n) is 10.7. The summed E-state index contributed by atoms with van der Waals surface area (Å²) in [6, 6.07) is 19.6. The average molecular weight is 386 g/mol. The minimum atomic E-state index is -1.29. The molecule has 2 aromatic carbocycles. The van der Waals surface area contributed by atoms with Crippen LogP contribution in [-0.4, -0.2) is 29.8 Å². The number of halogens is 2. The average Bonchev–Trinajstić information content (AvgIpc) is 3.05. The van der Waals surface area contributed by atoms with E-state index in [-0.39, 0.29) is 5.92 Å². The van der Waals surface area contributed by atoms with Crippen LogP contribution in [0.25, 0.3) is 0 Å². The van der Waals surface area contributed by atoms with Gasteiger partial charge in [0.2, 0.25) is 0 Å². The first-order valence-corrected chi connectivity index (χ1v) is 10.7. The summed E-state index contributed by atoms with van der Waals surface area (Å²) in [7, 11) is 0. The summed E-state index contributed by atoms with van der Waals surface area (Å²) < 4.78 is 26.9. The zero-order valence-electron chi connectivity index (χ0n) is 17.2. The van der Waals surface area contributed by atoms with E-state index in [1.54, 1.807) is 0 Å². The van der Waals surface area contributed by atoms with Crippen molar-refractivity contribution >= 4 is 0 Å². The molecule has 3 heteroatoms. The number of alkyl halides is 2. The maximum atomic E-state index is 13.5. The molecule has 3 atom stereocenters. The SMILES string of the molecule is CCCN(Cc1ccccc1)C(C)CCc1ccc(C2CC(F)C(F)C2)cc1. The molecule has 1 fully saturated rings. The topological polar surface area (TPSA) is 3.24 Å². The molecule has 3 rings (SSSR count). The molecule has 28 heavy (non-hydrogen) atoms. The van der Waals surface area contributed by atoms with Crippen LogP contribution in [0.4, 0.5) is 8.78 Å². The molecule has 2 aromatic rings.